The van der Waals surface area contributed by atoms with Crippen LogP contribution in [-0.4, -0.2) is 60.4 Å². The van der Waals surface area contributed by atoms with E-state index in [1.165, 1.54) is 19.3 Å². The average molecular weight is 508 g/mol. The molecule has 5 nitrogen and oxygen atoms in total. The van der Waals surface area contributed by atoms with Crippen LogP contribution in [0.15, 0.2) is 54.6 Å². The van der Waals surface area contributed by atoms with Gasteiger partial charge in [-0.15, -0.1) is 0 Å². The first-order valence-corrected chi connectivity index (χ1v) is 14.1. The Balaban J connectivity index is 1.29. The Kier molecular flexibility index (Phi) is 7.97. The number of rotatable bonds is 6. The second kappa shape index (κ2) is 11.4. The monoisotopic (exact) mass is 507 g/mol. The molecule has 6 heteroatoms. The van der Waals surface area contributed by atoms with Gasteiger partial charge >= 0.3 is 0 Å². The fourth-order valence-electron chi connectivity index (χ4n) is 6.54. The summed E-state index contributed by atoms with van der Waals surface area (Å²) in [5.74, 6) is 0.438. The molecular formula is C30H38ClN3O2. The van der Waals surface area contributed by atoms with Crippen molar-refractivity contribution in [1.82, 2.24) is 9.80 Å². The molecule has 2 aliphatic heterocycles. The third-order valence-electron chi connectivity index (χ3n) is 8.49. The van der Waals surface area contributed by atoms with E-state index in [4.69, 9.17) is 11.6 Å². The van der Waals surface area contributed by atoms with Gasteiger partial charge in [0.05, 0.1) is 12.0 Å². The molecule has 2 amide bonds. The van der Waals surface area contributed by atoms with Crippen LogP contribution in [0.3, 0.4) is 0 Å². The van der Waals surface area contributed by atoms with E-state index in [1.807, 2.05) is 59.5 Å². The normalized spacial score (nSPS) is 20.9. The van der Waals surface area contributed by atoms with Crippen LogP contribution in [0.2, 0.25) is 5.02 Å². The van der Waals surface area contributed by atoms with Gasteiger partial charge < -0.3 is 9.80 Å². The minimum absolute atomic E-state index is 0.115. The molecular weight excluding hydrogens is 470 g/mol. The molecule has 192 valence electrons. The molecule has 2 aromatic carbocycles. The molecule has 0 bridgehead atoms. The highest BCUT2D eigenvalue weighted by Gasteiger charge is 2.46. The molecule has 2 heterocycles. The highest BCUT2D eigenvalue weighted by atomic mass is 35.5. The molecule has 0 N–H and O–H groups in total. The first-order chi connectivity index (χ1) is 17.6. The number of amides is 2. The molecule has 0 atom stereocenters. The lowest BCUT2D eigenvalue weighted by Crippen LogP contribution is -2.54. The number of benzene rings is 2. The number of nitrogens with zero attached hydrogens (tertiary/aromatic N) is 3. The van der Waals surface area contributed by atoms with E-state index < -0.39 is 5.41 Å². The van der Waals surface area contributed by atoms with E-state index in [0.29, 0.717) is 24.7 Å². The highest BCUT2D eigenvalue weighted by molar-refractivity contribution is 6.30. The maximum atomic E-state index is 14.0. The predicted octanol–water partition coefficient (Wildman–Crippen LogP) is 5.66. The molecule has 1 saturated carbocycles. The van der Waals surface area contributed by atoms with Gasteiger partial charge in [-0.25, -0.2) is 0 Å². The van der Waals surface area contributed by atoms with Gasteiger partial charge in [-0.1, -0.05) is 61.2 Å². The molecule has 2 saturated heterocycles. The molecule has 3 fully saturated rings. The maximum Gasteiger partial charge on any atom is 0.241 e. The lowest BCUT2D eigenvalue weighted by Gasteiger charge is -2.42. The van der Waals surface area contributed by atoms with Crippen LogP contribution in [0.25, 0.3) is 0 Å². The van der Waals surface area contributed by atoms with E-state index in [-0.39, 0.29) is 17.9 Å². The number of hydrogen-bond acceptors (Lipinski definition) is 3. The summed E-state index contributed by atoms with van der Waals surface area (Å²) in [6.45, 7) is 3.88. The highest BCUT2D eigenvalue weighted by Crippen LogP contribution is 2.43. The maximum absolute atomic E-state index is 14.0. The van der Waals surface area contributed by atoms with Crippen molar-refractivity contribution in [3.05, 3.63) is 65.2 Å². The molecule has 5 rings (SSSR count). The minimum Gasteiger partial charge on any atom is -0.342 e. The Morgan fingerprint density at radius 1 is 0.833 bits per heavy atom. The van der Waals surface area contributed by atoms with Crippen molar-refractivity contribution in [3.63, 3.8) is 0 Å². The van der Waals surface area contributed by atoms with Crippen LogP contribution in [0.1, 0.15) is 63.4 Å². The van der Waals surface area contributed by atoms with E-state index >= 15 is 0 Å². The third kappa shape index (κ3) is 5.33. The van der Waals surface area contributed by atoms with Crippen molar-refractivity contribution < 1.29 is 9.59 Å². The zero-order chi connectivity index (χ0) is 25.0. The number of hydrogen-bond donors (Lipinski definition) is 0. The van der Waals surface area contributed by atoms with Crippen LogP contribution < -0.4 is 4.90 Å². The summed E-state index contributed by atoms with van der Waals surface area (Å²) in [6, 6.07) is 18.1. The van der Waals surface area contributed by atoms with Gasteiger partial charge in [-0.2, -0.15) is 0 Å². The topological polar surface area (TPSA) is 43.9 Å². The first-order valence-electron chi connectivity index (χ1n) is 13.7. The van der Waals surface area contributed by atoms with Gasteiger partial charge in [-0.05, 0) is 81.4 Å². The average Bonchev–Trinajstić information content (AvgIpc) is 3.42. The van der Waals surface area contributed by atoms with Crippen LogP contribution in [0, 0.1) is 0 Å². The number of halogens is 1. The second-order valence-electron chi connectivity index (χ2n) is 10.8. The van der Waals surface area contributed by atoms with Gasteiger partial charge in [0.25, 0.3) is 0 Å². The number of carbonyl (C=O) groups excluding carboxylic acids is 2. The van der Waals surface area contributed by atoms with Crippen molar-refractivity contribution in [1.29, 1.82) is 0 Å². The minimum atomic E-state index is -0.430. The summed E-state index contributed by atoms with van der Waals surface area (Å²) in [6.07, 6.45) is 9.19. The van der Waals surface area contributed by atoms with Crippen molar-refractivity contribution in [2.24, 2.45) is 0 Å². The van der Waals surface area contributed by atoms with Gasteiger partial charge in [0.1, 0.15) is 0 Å². The van der Waals surface area contributed by atoms with Crippen LogP contribution in [-0.2, 0) is 15.0 Å². The molecule has 3 aliphatic rings. The molecule has 1 aliphatic carbocycles. The van der Waals surface area contributed by atoms with Crippen LogP contribution in [0.5, 0.6) is 0 Å². The zero-order valence-corrected chi connectivity index (χ0v) is 22.0. The summed E-state index contributed by atoms with van der Waals surface area (Å²) in [4.78, 5) is 33.9. The van der Waals surface area contributed by atoms with Crippen LogP contribution >= 0.6 is 11.6 Å². The van der Waals surface area contributed by atoms with E-state index in [2.05, 4.69) is 9.80 Å². The standard InChI is InChI=1S/C30H38ClN3O2/c31-25-13-11-24(12-14-25)30(17-5-6-18-30)29(36)33-21-15-27(16-22-33)34(26-9-3-1-4-10-26)28(35)23-32-19-7-2-8-20-32/h1,3-4,9-14,27H,2,5-8,15-23H2. The molecule has 0 radical (unpaired) electrons. The fraction of sp³-hybridized carbons (Fsp3) is 0.533. The first kappa shape index (κ1) is 25.3. The number of para-hydroxylation sites is 1. The smallest absolute Gasteiger partial charge is 0.241 e. The Morgan fingerprint density at radius 2 is 1.47 bits per heavy atom. The molecule has 0 spiro atoms. The third-order valence-corrected chi connectivity index (χ3v) is 8.74. The summed E-state index contributed by atoms with van der Waals surface area (Å²) in [5.41, 5.74) is 1.64. The Hall–Kier alpha value is -2.37. The Morgan fingerprint density at radius 3 is 2.11 bits per heavy atom. The molecule has 2 aromatic rings. The largest absolute Gasteiger partial charge is 0.342 e. The van der Waals surface area contributed by atoms with E-state index in [1.54, 1.807) is 0 Å². The lowest BCUT2D eigenvalue weighted by molar-refractivity contribution is -0.138. The van der Waals surface area contributed by atoms with Crippen molar-refractivity contribution >= 4 is 29.1 Å². The number of anilines is 1. The molecule has 0 aromatic heterocycles. The summed E-state index contributed by atoms with van der Waals surface area (Å²) in [5, 5.41) is 0.704. The van der Waals surface area contributed by atoms with E-state index in [9.17, 15) is 9.59 Å². The summed E-state index contributed by atoms with van der Waals surface area (Å²) in [7, 11) is 0. The molecule has 0 unspecified atom stereocenters. The van der Waals surface area contributed by atoms with Gasteiger partial charge in [0, 0.05) is 29.8 Å². The fourth-order valence-corrected chi connectivity index (χ4v) is 6.66. The molecule has 36 heavy (non-hydrogen) atoms. The van der Waals surface area contributed by atoms with Gasteiger partial charge in [0.2, 0.25) is 11.8 Å². The van der Waals surface area contributed by atoms with Crippen molar-refractivity contribution in [2.45, 2.75) is 69.2 Å². The SMILES string of the molecule is O=C(CN1CCCCC1)N(c1ccccc1)C1CCN(C(=O)C2(c3ccc(Cl)cc3)CCCC2)CC1. The Labute approximate surface area is 220 Å². The zero-order valence-electron chi connectivity index (χ0n) is 21.2. The second-order valence-corrected chi connectivity index (χ2v) is 11.2. The predicted molar refractivity (Wildman–Crippen MR) is 145 cm³/mol. The number of carbonyl (C=O) groups is 2. The van der Waals surface area contributed by atoms with E-state index in [0.717, 1.165) is 62.9 Å². The van der Waals surface area contributed by atoms with Crippen LogP contribution in [0.4, 0.5) is 5.69 Å². The van der Waals surface area contributed by atoms with Gasteiger partial charge in [-0.3, -0.25) is 14.5 Å². The number of piperidine rings is 2. The summed E-state index contributed by atoms with van der Waals surface area (Å²) < 4.78 is 0. The lowest BCUT2D eigenvalue weighted by atomic mass is 9.77. The van der Waals surface area contributed by atoms with Crippen molar-refractivity contribution in [3.8, 4) is 0 Å². The van der Waals surface area contributed by atoms with Crippen molar-refractivity contribution in [2.75, 3.05) is 37.6 Å². The van der Waals surface area contributed by atoms with Gasteiger partial charge in [0.15, 0.2) is 0 Å². The quantitative estimate of drug-likeness (QED) is 0.506. The number of likely N-dealkylation sites (tertiary alicyclic amines) is 2. The Bertz CT molecular complexity index is 1020. The summed E-state index contributed by atoms with van der Waals surface area (Å²) >= 11 is 6.14.